The van der Waals surface area contributed by atoms with Crippen molar-refractivity contribution in [3.63, 3.8) is 0 Å². The van der Waals surface area contributed by atoms with Crippen LogP contribution in [0.1, 0.15) is 6.42 Å². The molecule has 4 aromatic rings. The van der Waals surface area contributed by atoms with Crippen molar-refractivity contribution in [1.82, 2.24) is 10.1 Å². The maximum Gasteiger partial charge on any atom is 0.175 e. The fraction of sp³-hybridized carbons (Fsp3) is 0.250. The Labute approximate surface area is 203 Å². The standard InChI is InChI=1S/C28H27FN2O4/c29-17-19-13-14-31(18-19)15-16-34-25-11-5-20(6-12-25)26-27(21-1-7-23(32)8-2-21)30-35-28(26)22-3-9-24(33)10-4-22/h1-12,19,32-33H,13-18H2/t19-/m0/s1. The Morgan fingerprint density at radius 1 is 0.886 bits per heavy atom. The van der Waals surface area contributed by atoms with Crippen LogP contribution in [-0.2, 0) is 0 Å². The second kappa shape index (κ2) is 10.2. The van der Waals surface area contributed by atoms with Gasteiger partial charge in [0.25, 0.3) is 0 Å². The summed E-state index contributed by atoms with van der Waals surface area (Å²) in [7, 11) is 0. The Morgan fingerprint density at radius 3 is 2.14 bits per heavy atom. The van der Waals surface area contributed by atoms with Crippen LogP contribution in [-0.4, -0.2) is 53.2 Å². The summed E-state index contributed by atoms with van der Waals surface area (Å²) in [6.07, 6.45) is 0.913. The van der Waals surface area contributed by atoms with Gasteiger partial charge in [-0.05, 0) is 79.2 Å². The largest absolute Gasteiger partial charge is 0.508 e. The van der Waals surface area contributed by atoms with Gasteiger partial charge in [-0.1, -0.05) is 17.3 Å². The lowest BCUT2D eigenvalue weighted by Gasteiger charge is -2.16. The lowest BCUT2D eigenvalue weighted by atomic mass is 9.96. The highest BCUT2D eigenvalue weighted by Gasteiger charge is 2.23. The first-order valence-corrected chi connectivity index (χ1v) is 11.7. The number of halogens is 1. The molecule has 5 rings (SSSR count). The van der Waals surface area contributed by atoms with Gasteiger partial charge in [-0.3, -0.25) is 9.29 Å². The van der Waals surface area contributed by atoms with Crippen LogP contribution in [0.3, 0.4) is 0 Å². The van der Waals surface area contributed by atoms with Crippen molar-refractivity contribution in [3.8, 4) is 51.0 Å². The van der Waals surface area contributed by atoms with Gasteiger partial charge in [0, 0.05) is 30.1 Å². The Bertz CT molecular complexity index is 1190. The van der Waals surface area contributed by atoms with Gasteiger partial charge >= 0.3 is 0 Å². The fourth-order valence-electron chi connectivity index (χ4n) is 4.44. The van der Waals surface area contributed by atoms with Crippen molar-refractivity contribution in [2.45, 2.75) is 6.42 Å². The SMILES string of the molecule is Oc1ccc(-c2noc(-c3ccc(O)cc3)c2-c2ccc(OCCN3CC[C@@H](CF)C3)cc2)cc1. The van der Waals surface area contributed by atoms with E-state index in [1.54, 1.807) is 48.5 Å². The molecule has 2 heterocycles. The summed E-state index contributed by atoms with van der Waals surface area (Å²) in [6.45, 7) is 2.79. The molecule has 1 saturated heterocycles. The van der Waals surface area contributed by atoms with Gasteiger partial charge in [-0.2, -0.15) is 0 Å². The molecule has 1 fully saturated rings. The van der Waals surface area contributed by atoms with Gasteiger partial charge in [0.05, 0.1) is 12.2 Å². The van der Waals surface area contributed by atoms with Gasteiger partial charge in [0.1, 0.15) is 29.5 Å². The number of phenolic OH excluding ortho intramolecular Hbond substituents is 2. The first-order valence-electron chi connectivity index (χ1n) is 11.7. The number of benzene rings is 3. The summed E-state index contributed by atoms with van der Waals surface area (Å²) in [4.78, 5) is 2.24. The molecule has 2 N–H and O–H groups in total. The fourth-order valence-corrected chi connectivity index (χ4v) is 4.44. The second-order valence-electron chi connectivity index (χ2n) is 8.81. The van der Waals surface area contributed by atoms with Gasteiger partial charge in [0.2, 0.25) is 0 Å². The number of likely N-dealkylation sites (tertiary alicyclic amines) is 1. The molecule has 1 aromatic heterocycles. The van der Waals surface area contributed by atoms with E-state index in [2.05, 4.69) is 10.1 Å². The molecule has 35 heavy (non-hydrogen) atoms. The zero-order valence-corrected chi connectivity index (χ0v) is 19.2. The predicted molar refractivity (Wildman–Crippen MR) is 132 cm³/mol. The van der Waals surface area contributed by atoms with Crippen molar-refractivity contribution < 1.29 is 23.9 Å². The molecule has 0 saturated carbocycles. The molecule has 0 aliphatic carbocycles. The molecule has 6 nitrogen and oxygen atoms in total. The van der Waals surface area contributed by atoms with E-state index in [0.29, 0.717) is 18.1 Å². The highest BCUT2D eigenvalue weighted by atomic mass is 19.1. The number of aromatic nitrogens is 1. The summed E-state index contributed by atoms with van der Waals surface area (Å²) in [6, 6.07) is 21.3. The normalized spacial score (nSPS) is 16.0. The highest BCUT2D eigenvalue weighted by Crippen LogP contribution is 2.41. The quantitative estimate of drug-likeness (QED) is 0.338. The number of aromatic hydroxyl groups is 2. The summed E-state index contributed by atoms with van der Waals surface area (Å²) in [5.74, 6) is 1.84. The molecule has 3 aromatic carbocycles. The Kier molecular flexibility index (Phi) is 6.68. The molecular formula is C28H27FN2O4. The third kappa shape index (κ3) is 5.15. The van der Waals surface area contributed by atoms with Gasteiger partial charge < -0.3 is 19.5 Å². The molecule has 1 aliphatic heterocycles. The number of hydrogen-bond acceptors (Lipinski definition) is 6. The third-order valence-electron chi connectivity index (χ3n) is 6.37. The number of hydrogen-bond donors (Lipinski definition) is 2. The van der Waals surface area contributed by atoms with E-state index in [4.69, 9.17) is 9.26 Å². The van der Waals surface area contributed by atoms with Crippen LogP contribution in [0.5, 0.6) is 17.2 Å². The van der Waals surface area contributed by atoms with Crippen molar-refractivity contribution in [1.29, 1.82) is 0 Å². The van der Waals surface area contributed by atoms with E-state index < -0.39 is 0 Å². The zero-order chi connectivity index (χ0) is 24.2. The monoisotopic (exact) mass is 474 g/mol. The minimum Gasteiger partial charge on any atom is -0.508 e. The molecule has 1 atom stereocenters. The van der Waals surface area contributed by atoms with Crippen LogP contribution in [0.4, 0.5) is 4.39 Å². The predicted octanol–water partition coefficient (Wildman–Crippen LogP) is 5.76. The first kappa shape index (κ1) is 22.9. The molecule has 180 valence electrons. The van der Waals surface area contributed by atoms with Gasteiger partial charge in [-0.25, -0.2) is 0 Å². The minimum absolute atomic E-state index is 0.156. The Balaban J connectivity index is 1.39. The van der Waals surface area contributed by atoms with Crippen molar-refractivity contribution in [2.75, 3.05) is 32.9 Å². The maximum absolute atomic E-state index is 12.8. The molecule has 7 heteroatoms. The number of rotatable bonds is 8. The number of alkyl halides is 1. The number of phenols is 2. The third-order valence-corrected chi connectivity index (χ3v) is 6.37. The molecule has 0 spiro atoms. The Morgan fingerprint density at radius 2 is 1.51 bits per heavy atom. The van der Waals surface area contributed by atoms with Crippen molar-refractivity contribution >= 4 is 0 Å². The van der Waals surface area contributed by atoms with Gasteiger partial charge in [-0.15, -0.1) is 0 Å². The van der Waals surface area contributed by atoms with E-state index >= 15 is 0 Å². The average Bonchev–Trinajstić information content (AvgIpc) is 3.53. The van der Waals surface area contributed by atoms with E-state index in [0.717, 1.165) is 54.1 Å². The molecule has 0 bridgehead atoms. The van der Waals surface area contributed by atoms with Gasteiger partial charge in [0.15, 0.2) is 5.76 Å². The number of ether oxygens (including phenoxy) is 1. The summed E-state index contributed by atoms with van der Waals surface area (Å²) in [5, 5.41) is 23.7. The van der Waals surface area contributed by atoms with Crippen LogP contribution < -0.4 is 4.74 Å². The summed E-state index contributed by atoms with van der Waals surface area (Å²) < 4.78 is 24.5. The van der Waals surface area contributed by atoms with E-state index in [9.17, 15) is 14.6 Å². The average molecular weight is 475 g/mol. The molecule has 0 amide bonds. The Hall–Kier alpha value is -3.84. The van der Waals surface area contributed by atoms with Crippen LogP contribution in [0.15, 0.2) is 77.3 Å². The minimum atomic E-state index is -0.250. The first-order chi connectivity index (χ1) is 17.1. The number of nitrogens with zero attached hydrogens (tertiary/aromatic N) is 2. The maximum atomic E-state index is 12.8. The molecular weight excluding hydrogens is 447 g/mol. The molecule has 0 unspecified atom stereocenters. The van der Waals surface area contributed by atoms with E-state index in [-0.39, 0.29) is 24.1 Å². The molecule has 1 aliphatic rings. The summed E-state index contributed by atoms with van der Waals surface area (Å²) in [5.41, 5.74) is 3.95. The highest BCUT2D eigenvalue weighted by molar-refractivity contribution is 5.90. The lowest BCUT2D eigenvalue weighted by Crippen LogP contribution is -2.26. The van der Waals surface area contributed by atoms with E-state index in [1.807, 2.05) is 24.3 Å². The van der Waals surface area contributed by atoms with Crippen LogP contribution in [0.25, 0.3) is 33.7 Å². The second-order valence-corrected chi connectivity index (χ2v) is 8.81. The van der Waals surface area contributed by atoms with Crippen LogP contribution >= 0.6 is 0 Å². The lowest BCUT2D eigenvalue weighted by molar-refractivity contribution is 0.228. The van der Waals surface area contributed by atoms with Crippen LogP contribution in [0, 0.1) is 5.92 Å². The van der Waals surface area contributed by atoms with E-state index in [1.165, 1.54) is 0 Å². The van der Waals surface area contributed by atoms with Crippen molar-refractivity contribution in [3.05, 3.63) is 72.8 Å². The van der Waals surface area contributed by atoms with Crippen LogP contribution in [0.2, 0.25) is 0 Å². The topological polar surface area (TPSA) is 79.0 Å². The smallest absolute Gasteiger partial charge is 0.175 e. The summed E-state index contributed by atoms with van der Waals surface area (Å²) >= 11 is 0. The van der Waals surface area contributed by atoms with Crippen molar-refractivity contribution in [2.24, 2.45) is 5.92 Å². The zero-order valence-electron chi connectivity index (χ0n) is 19.2. The molecule has 0 radical (unpaired) electrons.